The number of hydrogen-bond acceptors (Lipinski definition) is 4. The van der Waals surface area contributed by atoms with E-state index in [9.17, 15) is 0 Å². The lowest BCUT2D eigenvalue weighted by Gasteiger charge is -2.50. The first-order chi connectivity index (χ1) is 20.0. The summed E-state index contributed by atoms with van der Waals surface area (Å²) in [6, 6.07) is 29.4. The third-order valence-electron chi connectivity index (χ3n) is 10.5. The number of allylic oxidation sites excluding steroid dienone is 1. The average molecular weight is 556 g/mol. The molecular weight excluding hydrogens is 522 g/mol. The summed E-state index contributed by atoms with van der Waals surface area (Å²) in [5.41, 5.74) is 5.47. The topological polar surface area (TPSA) is 37.4 Å². The summed E-state index contributed by atoms with van der Waals surface area (Å²) in [5.74, 6) is 1.91. The van der Waals surface area contributed by atoms with Crippen LogP contribution in [0.5, 0.6) is 0 Å². The number of nitrogens with zero attached hydrogens (tertiary/aromatic N) is 1. The molecule has 2 saturated heterocycles. The molecule has 0 unspecified atom stereocenters. The Morgan fingerprint density at radius 1 is 0.854 bits per heavy atom. The van der Waals surface area contributed by atoms with E-state index in [0.717, 1.165) is 63.1 Å². The van der Waals surface area contributed by atoms with E-state index >= 15 is 9.59 Å². The molecule has 2 aliphatic heterocycles. The number of Topliss-reactive ketones (excluding diaryl/α,β-unsaturated/α-hetero) is 2. The standard InChI is InChI=1S/C37H33NO2S/c1-23-10-3-5-12-26(23)20-27-15-9-19-36(34(27)39)33(28-16-6-4-11-24(28)2)31-21-41-22-38(31)37(36)30-18-8-14-25-13-7-17-29(32(25)30)35(37)40/h3-8,10-14,16-18,20,31,33H,9,15,19,21-22H2,1-2H3/b27-20+/t31-,33-,36-,37-/m0/s1. The van der Waals surface area contributed by atoms with Gasteiger partial charge in [0.2, 0.25) is 0 Å². The molecule has 2 spiro atoms. The van der Waals surface area contributed by atoms with Crippen LogP contribution in [-0.2, 0) is 10.3 Å². The molecule has 0 bridgehead atoms. The van der Waals surface area contributed by atoms with Crippen LogP contribution < -0.4 is 0 Å². The van der Waals surface area contributed by atoms with Crippen molar-refractivity contribution in [3.05, 3.63) is 124 Å². The van der Waals surface area contributed by atoms with Crippen LogP contribution in [0.25, 0.3) is 16.8 Å². The quantitative estimate of drug-likeness (QED) is 0.236. The number of carbonyl (C=O) groups is 2. The van der Waals surface area contributed by atoms with Crippen molar-refractivity contribution in [2.75, 3.05) is 11.6 Å². The Kier molecular flexibility index (Phi) is 5.55. The van der Waals surface area contributed by atoms with Crippen molar-refractivity contribution in [1.82, 2.24) is 4.90 Å². The van der Waals surface area contributed by atoms with Crippen LogP contribution in [0.1, 0.15) is 63.4 Å². The number of rotatable bonds is 2. The maximum absolute atomic E-state index is 15.5. The van der Waals surface area contributed by atoms with E-state index in [1.807, 2.05) is 36.0 Å². The van der Waals surface area contributed by atoms with Crippen molar-refractivity contribution >= 4 is 40.2 Å². The first-order valence-electron chi connectivity index (χ1n) is 14.8. The maximum Gasteiger partial charge on any atom is 0.189 e. The third kappa shape index (κ3) is 3.10. The van der Waals surface area contributed by atoms with E-state index in [1.165, 1.54) is 11.1 Å². The van der Waals surface area contributed by atoms with Crippen molar-refractivity contribution in [1.29, 1.82) is 0 Å². The summed E-state index contributed by atoms with van der Waals surface area (Å²) in [5, 5.41) is 2.13. The first kappa shape index (κ1) is 25.3. The van der Waals surface area contributed by atoms with Crippen LogP contribution >= 0.6 is 11.8 Å². The Morgan fingerprint density at radius 3 is 2.41 bits per heavy atom. The highest BCUT2D eigenvalue weighted by molar-refractivity contribution is 7.99. The van der Waals surface area contributed by atoms with Gasteiger partial charge in [0.25, 0.3) is 0 Å². The number of aryl methyl sites for hydroxylation is 2. The molecule has 4 aliphatic rings. The van der Waals surface area contributed by atoms with Crippen molar-refractivity contribution in [3.63, 3.8) is 0 Å². The zero-order chi connectivity index (χ0) is 27.9. The summed E-state index contributed by atoms with van der Waals surface area (Å²) >= 11 is 1.90. The second kappa shape index (κ2) is 9.01. The van der Waals surface area contributed by atoms with E-state index in [-0.39, 0.29) is 23.5 Å². The molecule has 4 aromatic rings. The molecule has 0 N–H and O–H groups in total. The van der Waals surface area contributed by atoms with Gasteiger partial charge in [0.15, 0.2) is 11.6 Å². The molecule has 2 heterocycles. The Labute approximate surface area is 245 Å². The predicted octanol–water partition coefficient (Wildman–Crippen LogP) is 7.84. The number of benzene rings is 4. The normalized spacial score (nSPS) is 29.9. The smallest absolute Gasteiger partial charge is 0.189 e. The fraction of sp³-hybridized carbons (Fsp3) is 0.297. The van der Waals surface area contributed by atoms with E-state index in [0.29, 0.717) is 6.42 Å². The summed E-state index contributed by atoms with van der Waals surface area (Å²) in [7, 11) is 0. The van der Waals surface area contributed by atoms with Gasteiger partial charge in [0.1, 0.15) is 5.54 Å². The van der Waals surface area contributed by atoms with Crippen LogP contribution in [0.3, 0.4) is 0 Å². The highest BCUT2D eigenvalue weighted by Crippen LogP contribution is 2.71. The first-order valence-corrected chi connectivity index (χ1v) is 15.9. The molecule has 8 rings (SSSR count). The Morgan fingerprint density at radius 2 is 1.61 bits per heavy atom. The van der Waals surface area contributed by atoms with E-state index < -0.39 is 11.0 Å². The van der Waals surface area contributed by atoms with Gasteiger partial charge < -0.3 is 0 Å². The van der Waals surface area contributed by atoms with Crippen LogP contribution in [0.4, 0.5) is 0 Å². The molecule has 3 nitrogen and oxygen atoms in total. The third-order valence-corrected chi connectivity index (χ3v) is 11.6. The monoisotopic (exact) mass is 555 g/mol. The molecule has 4 atom stereocenters. The molecule has 4 heteroatoms. The van der Waals surface area contributed by atoms with Crippen LogP contribution in [-0.4, -0.2) is 34.1 Å². The van der Waals surface area contributed by atoms with Crippen molar-refractivity contribution in [2.24, 2.45) is 5.41 Å². The Balaban J connectivity index is 1.46. The van der Waals surface area contributed by atoms with Gasteiger partial charge in [-0.25, -0.2) is 0 Å². The predicted molar refractivity (Wildman–Crippen MR) is 167 cm³/mol. The van der Waals surface area contributed by atoms with E-state index in [4.69, 9.17) is 0 Å². The minimum Gasteiger partial charge on any atom is -0.294 e. The number of thioether (sulfide) groups is 1. The van der Waals surface area contributed by atoms with E-state index in [1.54, 1.807) is 0 Å². The molecule has 4 aromatic carbocycles. The van der Waals surface area contributed by atoms with Gasteiger partial charge in [0.05, 0.1) is 5.41 Å². The molecule has 1 saturated carbocycles. The fourth-order valence-electron chi connectivity index (χ4n) is 8.96. The zero-order valence-electron chi connectivity index (χ0n) is 23.5. The molecule has 0 radical (unpaired) electrons. The highest BCUT2D eigenvalue weighted by Gasteiger charge is 2.77. The minimum absolute atomic E-state index is 0.0692. The van der Waals surface area contributed by atoms with Gasteiger partial charge >= 0.3 is 0 Å². The maximum atomic E-state index is 15.5. The second-order valence-electron chi connectivity index (χ2n) is 12.3. The largest absolute Gasteiger partial charge is 0.294 e. The zero-order valence-corrected chi connectivity index (χ0v) is 24.3. The minimum atomic E-state index is -1.01. The van der Waals surface area contributed by atoms with Crippen molar-refractivity contribution in [3.8, 4) is 0 Å². The number of ketones is 2. The van der Waals surface area contributed by atoms with Crippen LogP contribution in [0.15, 0.2) is 90.5 Å². The fourth-order valence-corrected chi connectivity index (χ4v) is 10.3. The van der Waals surface area contributed by atoms with Gasteiger partial charge in [-0.15, -0.1) is 11.8 Å². The van der Waals surface area contributed by atoms with Gasteiger partial charge in [0, 0.05) is 29.2 Å². The second-order valence-corrected chi connectivity index (χ2v) is 13.3. The molecule has 0 aromatic heterocycles. The summed E-state index contributed by atoms with van der Waals surface area (Å²) in [6.45, 7) is 4.28. The number of hydrogen-bond donors (Lipinski definition) is 0. The molecule has 2 aliphatic carbocycles. The van der Waals surface area contributed by atoms with Crippen molar-refractivity contribution < 1.29 is 9.59 Å². The van der Waals surface area contributed by atoms with Gasteiger partial charge in [-0.05, 0) is 83.3 Å². The van der Waals surface area contributed by atoms with Crippen LogP contribution in [0, 0.1) is 19.3 Å². The molecular formula is C37H33NO2S. The SMILES string of the molecule is Cc1ccccc1/C=C1\CCC[C@@]2(C1=O)[C@@H](c1ccccc1C)[C@@H]1CSCN1[C@@]21C(=O)c2cccc3cccc1c23. The van der Waals surface area contributed by atoms with Gasteiger partial charge in [-0.3, -0.25) is 14.5 Å². The van der Waals surface area contributed by atoms with Gasteiger partial charge in [-0.1, -0.05) is 84.9 Å². The van der Waals surface area contributed by atoms with Crippen molar-refractivity contribution in [2.45, 2.75) is 50.6 Å². The Bertz CT molecular complexity index is 1800. The summed E-state index contributed by atoms with van der Waals surface area (Å²) in [4.78, 5) is 33.2. The lowest BCUT2D eigenvalue weighted by atomic mass is 9.52. The number of carbonyl (C=O) groups excluding carboxylic acids is 2. The molecule has 41 heavy (non-hydrogen) atoms. The molecule has 0 amide bonds. The van der Waals surface area contributed by atoms with Crippen LogP contribution in [0.2, 0.25) is 0 Å². The van der Waals surface area contributed by atoms with Gasteiger partial charge in [-0.2, -0.15) is 0 Å². The lowest BCUT2D eigenvalue weighted by molar-refractivity contribution is -0.132. The highest BCUT2D eigenvalue weighted by atomic mass is 32.2. The molecule has 204 valence electrons. The molecule has 3 fully saturated rings. The number of fused-ring (bicyclic) bond motifs is 4. The average Bonchev–Trinajstić information content (AvgIpc) is 3.62. The van der Waals surface area contributed by atoms with E-state index in [2.05, 4.69) is 85.5 Å². The Hall–Kier alpha value is -3.47. The summed E-state index contributed by atoms with van der Waals surface area (Å²) < 4.78 is 0. The lowest BCUT2D eigenvalue weighted by Crippen LogP contribution is -2.60. The summed E-state index contributed by atoms with van der Waals surface area (Å²) in [6.07, 6.45) is 4.48.